The van der Waals surface area contributed by atoms with Crippen LogP contribution in [0.5, 0.6) is 0 Å². The lowest BCUT2D eigenvalue weighted by atomic mass is 10.3. The maximum absolute atomic E-state index is 10.9. The summed E-state index contributed by atoms with van der Waals surface area (Å²) in [5.74, 6) is -0.542. The second-order valence-corrected chi connectivity index (χ2v) is 2.53. The van der Waals surface area contributed by atoms with E-state index in [0.717, 1.165) is 5.01 Å². The van der Waals surface area contributed by atoms with E-state index >= 15 is 0 Å². The molecule has 2 N–H and O–H groups in total. The molecule has 5 nitrogen and oxygen atoms in total. The number of nitrogens with zero attached hydrogens (tertiary/aromatic N) is 1. The molecule has 1 saturated heterocycles. The van der Waals surface area contributed by atoms with E-state index in [4.69, 9.17) is 5.11 Å². The largest absolute Gasteiger partial charge is 0.391 e. The Kier molecular flexibility index (Phi) is 2.09. The zero-order chi connectivity index (χ0) is 8.43. The summed E-state index contributed by atoms with van der Waals surface area (Å²) in [4.78, 5) is 21.3. The molecular weight excluding hydrogens is 148 g/mol. The molecule has 1 heterocycles. The normalized spacial score (nSPS) is 24.0. The van der Waals surface area contributed by atoms with Crippen molar-refractivity contribution in [3.63, 3.8) is 0 Å². The van der Waals surface area contributed by atoms with Crippen LogP contribution in [0.3, 0.4) is 0 Å². The molecule has 62 valence electrons. The summed E-state index contributed by atoms with van der Waals surface area (Å²) in [5.41, 5.74) is 2.31. The van der Waals surface area contributed by atoms with Crippen molar-refractivity contribution in [3.8, 4) is 0 Å². The van der Waals surface area contributed by atoms with Crippen LogP contribution in [-0.4, -0.2) is 34.6 Å². The predicted molar refractivity (Wildman–Crippen MR) is 36.2 cm³/mol. The van der Waals surface area contributed by atoms with Crippen molar-refractivity contribution in [2.24, 2.45) is 0 Å². The number of aliphatic hydroxyl groups is 1. The average molecular weight is 158 g/mol. The molecule has 2 amide bonds. The molecule has 0 radical (unpaired) electrons. The van der Waals surface area contributed by atoms with Gasteiger partial charge in [-0.2, -0.15) is 0 Å². The highest BCUT2D eigenvalue weighted by Gasteiger charge is 2.28. The summed E-state index contributed by atoms with van der Waals surface area (Å²) in [6, 6.07) is 0. The minimum absolute atomic E-state index is 0.0975. The monoisotopic (exact) mass is 158 g/mol. The van der Waals surface area contributed by atoms with Crippen molar-refractivity contribution >= 4 is 11.8 Å². The molecule has 0 aromatic heterocycles. The molecule has 1 aliphatic rings. The van der Waals surface area contributed by atoms with Crippen LogP contribution in [0.2, 0.25) is 0 Å². The number of nitrogens with one attached hydrogen (secondary N) is 1. The van der Waals surface area contributed by atoms with Gasteiger partial charge in [-0.1, -0.05) is 0 Å². The molecule has 1 atom stereocenters. The molecule has 1 fully saturated rings. The first-order valence-corrected chi connectivity index (χ1v) is 3.35. The molecule has 0 spiro atoms. The highest BCUT2D eigenvalue weighted by Crippen LogP contribution is 2.06. The van der Waals surface area contributed by atoms with E-state index in [1.807, 2.05) is 0 Å². The lowest BCUT2D eigenvalue weighted by molar-refractivity contribution is -0.137. The summed E-state index contributed by atoms with van der Waals surface area (Å²) in [7, 11) is 0. The first kappa shape index (κ1) is 8.00. The Morgan fingerprint density at radius 3 is 2.82 bits per heavy atom. The van der Waals surface area contributed by atoms with Gasteiger partial charge in [-0.25, -0.2) is 0 Å². The van der Waals surface area contributed by atoms with Crippen LogP contribution >= 0.6 is 0 Å². The maximum atomic E-state index is 10.9. The number of hydrogen-bond acceptors (Lipinski definition) is 3. The van der Waals surface area contributed by atoms with E-state index in [2.05, 4.69) is 5.43 Å². The van der Waals surface area contributed by atoms with Crippen LogP contribution in [0, 0.1) is 0 Å². The minimum Gasteiger partial charge on any atom is -0.391 e. The van der Waals surface area contributed by atoms with Crippen molar-refractivity contribution in [3.05, 3.63) is 0 Å². The molecule has 1 rings (SSSR count). The molecule has 0 bridgehead atoms. The van der Waals surface area contributed by atoms with Crippen LogP contribution in [0.4, 0.5) is 0 Å². The summed E-state index contributed by atoms with van der Waals surface area (Å²) in [6.45, 7) is 1.51. The molecular formula is C6H10N2O3. The number of β-amino-alcohol motifs (C(OH)–C–C–N with tert-alkyl or cyclic N) is 1. The van der Waals surface area contributed by atoms with E-state index in [1.54, 1.807) is 0 Å². The second-order valence-electron chi connectivity index (χ2n) is 2.53. The lowest BCUT2D eigenvalue weighted by Crippen LogP contribution is -2.42. The van der Waals surface area contributed by atoms with Gasteiger partial charge in [0, 0.05) is 6.92 Å². The number of hydrazine groups is 1. The smallest absolute Gasteiger partial charge is 0.243 e. The lowest BCUT2D eigenvalue weighted by Gasteiger charge is -2.14. The Bertz CT molecular complexity index is 192. The number of rotatable bonds is 1. The summed E-state index contributed by atoms with van der Waals surface area (Å²) >= 11 is 0. The molecule has 1 unspecified atom stereocenters. The van der Waals surface area contributed by atoms with Crippen molar-refractivity contribution in [1.82, 2.24) is 10.4 Å². The molecule has 0 aromatic carbocycles. The Morgan fingerprint density at radius 1 is 1.82 bits per heavy atom. The van der Waals surface area contributed by atoms with E-state index < -0.39 is 6.10 Å². The maximum Gasteiger partial charge on any atom is 0.243 e. The molecule has 0 saturated carbocycles. The van der Waals surface area contributed by atoms with Crippen molar-refractivity contribution < 1.29 is 14.7 Å². The molecule has 0 aliphatic carbocycles. The molecule has 0 aromatic rings. The van der Waals surface area contributed by atoms with Gasteiger partial charge in [0.1, 0.15) is 0 Å². The number of carbonyl (C=O) groups is 2. The quantitative estimate of drug-likeness (QED) is 0.494. The highest BCUT2D eigenvalue weighted by atomic mass is 16.3. The van der Waals surface area contributed by atoms with Crippen LogP contribution in [0.25, 0.3) is 0 Å². The fourth-order valence-electron chi connectivity index (χ4n) is 0.987. The van der Waals surface area contributed by atoms with Gasteiger partial charge in [0.15, 0.2) is 0 Å². The fourth-order valence-corrected chi connectivity index (χ4v) is 0.987. The molecule has 1 aliphatic heterocycles. The zero-order valence-corrected chi connectivity index (χ0v) is 6.20. The third-order valence-electron chi connectivity index (χ3n) is 1.40. The van der Waals surface area contributed by atoms with Gasteiger partial charge >= 0.3 is 0 Å². The fraction of sp³-hybridized carbons (Fsp3) is 0.667. The number of hydrogen-bond donors (Lipinski definition) is 2. The molecule has 11 heavy (non-hydrogen) atoms. The first-order chi connectivity index (χ1) is 5.09. The minimum atomic E-state index is -0.644. The summed E-state index contributed by atoms with van der Waals surface area (Å²) in [5, 5.41) is 10.1. The summed E-state index contributed by atoms with van der Waals surface area (Å²) in [6.07, 6.45) is -0.547. The van der Waals surface area contributed by atoms with E-state index in [9.17, 15) is 9.59 Å². The molecule has 5 heteroatoms. The Balaban J connectivity index is 2.47. The third-order valence-corrected chi connectivity index (χ3v) is 1.40. The highest BCUT2D eigenvalue weighted by molar-refractivity contribution is 5.82. The van der Waals surface area contributed by atoms with Crippen molar-refractivity contribution in [2.75, 3.05) is 6.54 Å². The standard InChI is InChI=1S/C6H10N2O3/c1-4(9)7-8-3-5(10)2-6(8)11/h5,10H,2-3H2,1H3,(H,7,9). The average Bonchev–Trinajstić information content (AvgIpc) is 2.09. The van der Waals surface area contributed by atoms with Crippen LogP contribution < -0.4 is 5.43 Å². The van der Waals surface area contributed by atoms with Gasteiger partial charge < -0.3 is 5.11 Å². The van der Waals surface area contributed by atoms with Gasteiger partial charge in [-0.3, -0.25) is 20.0 Å². The first-order valence-electron chi connectivity index (χ1n) is 3.35. The van der Waals surface area contributed by atoms with Gasteiger partial charge in [0.25, 0.3) is 0 Å². The Hall–Kier alpha value is -1.10. The topological polar surface area (TPSA) is 69.6 Å². The van der Waals surface area contributed by atoms with Gasteiger partial charge in [-0.15, -0.1) is 0 Å². The van der Waals surface area contributed by atoms with Crippen molar-refractivity contribution in [2.45, 2.75) is 19.4 Å². The van der Waals surface area contributed by atoms with E-state index in [1.165, 1.54) is 6.92 Å². The second kappa shape index (κ2) is 2.87. The van der Waals surface area contributed by atoms with Gasteiger partial charge in [-0.05, 0) is 0 Å². The Morgan fingerprint density at radius 2 is 2.45 bits per heavy atom. The van der Waals surface area contributed by atoms with E-state index in [-0.39, 0.29) is 24.8 Å². The van der Waals surface area contributed by atoms with E-state index in [0.29, 0.717) is 0 Å². The van der Waals surface area contributed by atoms with Crippen LogP contribution in [-0.2, 0) is 9.59 Å². The number of carbonyl (C=O) groups excluding carboxylic acids is 2. The SMILES string of the molecule is CC(=O)NN1CC(O)CC1=O. The van der Waals surface area contributed by atoms with Crippen molar-refractivity contribution in [1.29, 1.82) is 0 Å². The van der Waals surface area contributed by atoms with Crippen LogP contribution in [0.1, 0.15) is 13.3 Å². The number of aliphatic hydroxyl groups excluding tert-OH is 1. The number of amides is 2. The van der Waals surface area contributed by atoms with Gasteiger partial charge in [0.2, 0.25) is 11.8 Å². The predicted octanol–water partition coefficient (Wildman–Crippen LogP) is -1.37. The zero-order valence-electron chi connectivity index (χ0n) is 6.20. The Labute approximate surface area is 64.0 Å². The van der Waals surface area contributed by atoms with Crippen LogP contribution in [0.15, 0.2) is 0 Å². The van der Waals surface area contributed by atoms with Gasteiger partial charge in [0.05, 0.1) is 19.1 Å². The third kappa shape index (κ3) is 1.91. The summed E-state index contributed by atoms with van der Waals surface area (Å²) < 4.78 is 0.